The van der Waals surface area contributed by atoms with E-state index in [-0.39, 0.29) is 0 Å². The molecule has 0 spiro atoms. The van der Waals surface area contributed by atoms with Crippen LogP contribution < -0.4 is 0 Å². The molecule has 9 atom stereocenters. The Morgan fingerprint density at radius 2 is 1.57 bits per heavy atom. The summed E-state index contributed by atoms with van der Waals surface area (Å²) in [4.78, 5) is 12.2. The van der Waals surface area contributed by atoms with E-state index in [4.69, 9.17) is 16.3 Å². The number of ether oxygens (including phenoxy) is 1. The molecule has 0 saturated carbocycles. The topological polar surface area (TPSA) is 208 Å². The Balaban J connectivity index is 3.02. The summed E-state index contributed by atoms with van der Waals surface area (Å²) in [7, 11) is 0. The smallest absolute Gasteiger partial charge is 0.195 e. The van der Waals surface area contributed by atoms with Gasteiger partial charge in [0, 0.05) is 0 Å². The van der Waals surface area contributed by atoms with E-state index in [2.05, 4.69) is 0 Å². The van der Waals surface area contributed by atoms with Gasteiger partial charge in [-0.2, -0.15) is 0 Å². The van der Waals surface area contributed by atoms with Crippen molar-refractivity contribution in [1.29, 1.82) is 0 Å². The lowest BCUT2D eigenvalue weighted by Gasteiger charge is -2.40. The van der Waals surface area contributed by atoms with Crippen LogP contribution in [0.1, 0.15) is 1.37 Å². The van der Waals surface area contributed by atoms with Crippen molar-refractivity contribution in [3.63, 3.8) is 0 Å². The number of carbonyl (C=O) groups is 1. The molecular formula is C12H22O11. The monoisotopic (exact) mass is 343 g/mol. The van der Waals surface area contributed by atoms with Crippen molar-refractivity contribution in [1.82, 2.24) is 0 Å². The van der Waals surface area contributed by atoms with Crippen LogP contribution in [0.15, 0.2) is 0 Å². The molecule has 136 valence electrons. The van der Waals surface area contributed by atoms with Crippen molar-refractivity contribution in [2.24, 2.45) is 0 Å². The third-order valence-electron chi connectivity index (χ3n) is 3.55. The van der Waals surface area contributed by atoms with Crippen LogP contribution in [0, 0.1) is 0 Å². The second-order valence-electron chi connectivity index (χ2n) is 5.17. The lowest BCUT2D eigenvalue weighted by Crippen LogP contribution is -2.63. The Morgan fingerprint density at radius 1 is 1.00 bits per heavy atom. The van der Waals surface area contributed by atoms with Gasteiger partial charge in [0.15, 0.2) is 5.78 Å². The quantitative estimate of drug-likeness (QED) is 0.212. The first-order chi connectivity index (χ1) is 11.0. The molecule has 0 radical (unpaired) electrons. The van der Waals surface area contributed by atoms with E-state index < -0.39 is 73.9 Å². The molecular weight excluding hydrogens is 320 g/mol. The number of aliphatic hydroxyl groups is 9. The highest BCUT2D eigenvalue weighted by atomic mass is 16.5. The maximum Gasteiger partial charge on any atom is 0.195 e. The van der Waals surface area contributed by atoms with E-state index in [1.807, 2.05) is 0 Å². The molecule has 0 aromatic heterocycles. The summed E-state index contributed by atoms with van der Waals surface area (Å²) >= 11 is 0. The van der Waals surface area contributed by atoms with Crippen LogP contribution in [0.3, 0.4) is 0 Å². The second-order valence-corrected chi connectivity index (χ2v) is 5.17. The third-order valence-corrected chi connectivity index (χ3v) is 3.55. The molecule has 1 fully saturated rings. The number of hydrogen-bond acceptors (Lipinski definition) is 11. The minimum Gasteiger partial charge on any atom is -0.394 e. The van der Waals surface area contributed by atoms with E-state index in [1.54, 1.807) is 0 Å². The van der Waals surface area contributed by atoms with Gasteiger partial charge in [-0.3, -0.25) is 4.79 Å². The van der Waals surface area contributed by atoms with Gasteiger partial charge in [0.05, 0.1) is 14.6 Å². The Kier molecular flexibility index (Phi) is 6.79. The lowest BCUT2D eigenvalue weighted by atomic mass is 9.89. The van der Waals surface area contributed by atoms with Crippen molar-refractivity contribution >= 4 is 5.78 Å². The largest absolute Gasteiger partial charge is 0.394 e. The molecule has 0 unspecified atom stereocenters. The molecule has 9 N–H and O–H groups in total. The van der Waals surface area contributed by atoms with Gasteiger partial charge in [-0.1, -0.05) is 0 Å². The predicted molar refractivity (Wildman–Crippen MR) is 69.9 cm³/mol. The third kappa shape index (κ3) is 4.22. The standard InChI is InChI=1S/C12H22O11/c13-1-3(15)5(16)7(18)9(20)11(22)12-10(21)8(19)6(17)4(2-14)23-12/h3-10,12-21H,1-2H2/t3-,4-,5+,6+,7+,8+,9-,10-,12-/m1/s1/i12D. The van der Waals surface area contributed by atoms with Crippen molar-refractivity contribution in [3.05, 3.63) is 0 Å². The van der Waals surface area contributed by atoms with Gasteiger partial charge in [-0.05, 0) is 0 Å². The number of rotatable bonds is 7. The van der Waals surface area contributed by atoms with Gasteiger partial charge in [-0.15, -0.1) is 0 Å². The summed E-state index contributed by atoms with van der Waals surface area (Å²) in [6.45, 7) is -1.93. The molecule has 0 bridgehead atoms. The maximum absolute atomic E-state index is 12.2. The Labute approximate surface area is 132 Å². The highest BCUT2D eigenvalue weighted by Gasteiger charge is 2.49. The average Bonchev–Trinajstić information content (AvgIpc) is 2.59. The fourth-order valence-corrected chi connectivity index (χ4v) is 2.04. The number of hydrogen-bond donors (Lipinski definition) is 9. The molecule has 0 aromatic carbocycles. The number of ketones is 1. The molecule has 11 heteroatoms. The van der Waals surface area contributed by atoms with Crippen molar-refractivity contribution in [2.75, 3.05) is 13.2 Å². The van der Waals surface area contributed by atoms with E-state index in [1.165, 1.54) is 0 Å². The van der Waals surface area contributed by atoms with E-state index >= 15 is 0 Å². The molecule has 0 aliphatic carbocycles. The summed E-state index contributed by atoms with van der Waals surface area (Å²) in [6.07, 6.45) is -19.9. The van der Waals surface area contributed by atoms with E-state index in [0.717, 1.165) is 0 Å². The summed E-state index contributed by atoms with van der Waals surface area (Å²) in [5.41, 5.74) is 0. The van der Waals surface area contributed by atoms with Gasteiger partial charge in [0.2, 0.25) is 0 Å². The predicted octanol–water partition coefficient (Wildman–Crippen LogP) is -6.17. The molecule has 23 heavy (non-hydrogen) atoms. The summed E-state index contributed by atoms with van der Waals surface area (Å²) in [5.74, 6) is -1.70. The van der Waals surface area contributed by atoms with Crippen molar-refractivity contribution in [3.8, 4) is 0 Å². The van der Waals surface area contributed by atoms with Crippen LogP contribution in [0.4, 0.5) is 0 Å². The zero-order valence-corrected chi connectivity index (χ0v) is 11.9. The van der Waals surface area contributed by atoms with Gasteiger partial charge in [0.25, 0.3) is 0 Å². The first-order valence-corrected chi connectivity index (χ1v) is 6.73. The van der Waals surface area contributed by atoms with Gasteiger partial charge < -0.3 is 50.7 Å². The lowest BCUT2D eigenvalue weighted by molar-refractivity contribution is -0.231. The first kappa shape index (κ1) is 18.6. The van der Waals surface area contributed by atoms with Crippen LogP contribution >= 0.6 is 0 Å². The van der Waals surface area contributed by atoms with Crippen molar-refractivity contribution < 1.29 is 56.9 Å². The molecule has 1 heterocycles. The molecule has 11 nitrogen and oxygen atoms in total. The fraction of sp³-hybridized carbons (Fsp3) is 0.917. The normalized spacial score (nSPS) is 40.8. The fourth-order valence-electron chi connectivity index (χ4n) is 2.04. The van der Waals surface area contributed by atoms with Gasteiger partial charge >= 0.3 is 0 Å². The van der Waals surface area contributed by atoms with Crippen LogP contribution in [-0.2, 0) is 9.53 Å². The Bertz CT molecular complexity index is 435. The van der Waals surface area contributed by atoms with Gasteiger partial charge in [0.1, 0.15) is 54.9 Å². The highest BCUT2D eigenvalue weighted by Crippen LogP contribution is 2.23. The molecule has 0 aromatic rings. The van der Waals surface area contributed by atoms with Crippen LogP contribution in [0.2, 0.25) is 0 Å². The summed E-state index contributed by atoms with van der Waals surface area (Å²) in [5, 5.41) is 84.8. The SMILES string of the molecule is [2H][C@@]1(C(=O)[C@H](O)[C@@H](O)[C@@H](O)[C@H](O)CO)O[C@H](CO)[C@H](O)[C@H](O)[C@H]1O. The van der Waals surface area contributed by atoms with E-state index in [0.29, 0.717) is 0 Å². The summed E-state index contributed by atoms with van der Waals surface area (Å²) in [6, 6.07) is 0. The van der Waals surface area contributed by atoms with Gasteiger partial charge in [-0.25, -0.2) is 0 Å². The molecule has 0 amide bonds. The molecule has 1 saturated heterocycles. The minimum atomic E-state index is -3.07. The Morgan fingerprint density at radius 3 is 2.04 bits per heavy atom. The highest BCUT2D eigenvalue weighted by molar-refractivity contribution is 5.88. The average molecular weight is 343 g/mol. The maximum atomic E-state index is 12.2. The zero-order valence-electron chi connectivity index (χ0n) is 12.9. The first-order valence-electron chi connectivity index (χ1n) is 7.23. The molecule has 1 rings (SSSR count). The van der Waals surface area contributed by atoms with Crippen LogP contribution in [0.25, 0.3) is 0 Å². The number of carbonyl (C=O) groups excluding carboxylic acids is 1. The zero-order chi connectivity index (χ0) is 18.8. The Hall–Kier alpha value is -0.730. The second kappa shape index (κ2) is 8.39. The van der Waals surface area contributed by atoms with E-state index in [9.17, 15) is 40.5 Å². The molecule has 1 aliphatic heterocycles. The van der Waals surface area contributed by atoms with Crippen LogP contribution in [0.5, 0.6) is 0 Å². The number of aliphatic hydroxyl groups excluding tert-OH is 9. The molecule has 1 aliphatic rings. The van der Waals surface area contributed by atoms with Crippen molar-refractivity contribution in [2.45, 2.75) is 54.9 Å². The summed E-state index contributed by atoms with van der Waals surface area (Å²) < 4.78 is 12.6. The van der Waals surface area contributed by atoms with Crippen LogP contribution in [-0.4, -0.2) is 120 Å². The number of Topliss-reactive ketones (excluding diaryl/α,β-unsaturated/α-hetero) is 1. The minimum absolute atomic E-state index is 0.927.